The van der Waals surface area contributed by atoms with E-state index in [0.717, 1.165) is 15.8 Å². The maximum atomic E-state index is 4.18. The van der Waals surface area contributed by atoms with Crippen LogP contribution in [0.2, 0.25) is 0 Å². The van der Waals surface area contributed by atoms with Crippen molar-refractivity contribution in [2.75, 3.05) is 0 Å². The first kappa shape index (κ1) is 9.25. The molecule has 0 aliphatic rings. The zero-order chi connectivity index (χ0) is 9.80. The van der Waals surface area contributed by atoms with Gasteiger partial charge >= 0.3 is 90.1 Å². The molecule has 0 amide bonds. The van der Waals surface area contributed by atoms with Crippen molar-refractivity contribution in [1.29, 1.82) is 0 Å². The monoisotopic (exact) mass is 248 g/mol. The van der Waals surface area contributed by atoms with Gasteiger partial charge in [-0.1, -0.05) is 0 Å². The molecule has 0 aliphatic carbocycles. The van der Waals surface area contributed by atoms with Crippen molar-refractivity contribution in [3.63, 3.8) is 0 Å². The van der Waals surface area contributed by atoms with Crippen LogP contribution in [0.3, 0.4) is 0 Å². The Kier molecular flexibility index (Phi) is 2.82. The Bertz CT molecular complexity index is 384. The molecule has 0 aliphatic heterocycles. The Morgan fingerprint density at radius 1 is 0.929 bits per heavy atom. The summed E-state index contributed by atoms with van der Waals surface area (Å²) in [6.07, 6.45) is 3.48. The third-order valence-electron chi connectivity index (χ3n) is 1.80. The van der Waals surface area contributed by atoms with E-state index < -0.39 is 0 Å². The number of aromatic nitrogens is 2. The Labute approximate surface area is 90.4 Å². The van der Waals surface area contributed by atoms with Gasteiger partial charge in [-0.3, -0.25) is 0 Å². The molecule has 1 heterocycles. The van der Waals surface area contributed by atoms with Gasteiger partial charge in [-0.05, 0) is 0 Å². The van der Waals surface area contributed by atoms with Gasteiger partial charge in [-0.2, -0.15) is 0 Å². The second kappa shape index (κ2) is 4.27. The number of hydrogen-bond acceptors (Lipinski definition) is 2. The van der Waals surface area contributed by atoms with Crippen LogP contribution >= 0.6 is 0 Å². The fraction of sp³-hybridized carbons (Fsp3) is 0. The molecule has 68 valence electrons. The summed E-state index contributed by atoms with van der Waals surface area (Å²) in [4.78, 5) is 8.35. The summed E-state index contributed by atoms with van der Waals surface area (Å²) >= 11 is 3.00. The van der Waals surface area contributed by atoms with Gasteiger partial charge in [0.05, 0.1) is 0 Å². The van der Waals surface area contributed by atoms with Crippen molar-refractivity contribution in [1.82, 2.24) is 9.97 Å². The molecule has 0 N–H and O–H groups in total. The summed E-state index contributed by atoms with van der Waals surface area (Å²) in [7, 11) is 0. The van der Waals surface area contributed by atoms with Crippen LogP contribution in [0.4, 0.5) is 0 Å². The van der Waals surface area contributed by atoms with E-state index in [1.54, 1.807) is 12.4 Å². The number of benzene rings is 1. The van der Waals surface area contributed by atoms with E-state index in [9.17, 15) is 0 Å². The van der Waals surface area contributed by atoms with Gasteiger partial charge in [0, 0.05) is 0 Å². The minimum absolute atomic E-state index is 0.735. The fourth-order valence-electron chi connectivity index (χ4n) is 1.13. The molecule has 1 aromatic heterocycles. The fourth-order valence-corrected chi connectivity index (χ4v) is 1.64. The SMILES string of the molecule is [Se]=C(c1ccccc1)c1ncccn1. The maximum absolute atomic E-state index is 4.18. The topological polar surface area (TPSA) is 25.8 Å². The molecule has 0 atom stereocenters. The van der Waals surface area contributed by atoms with Gasteiger partial charge in [-0.15, -0.1) is 0 Å². The second-order valence-corrected chi connectivity index (χ2v) is 3.62. The molecule has 0 fully saturated rings. The minimum atomic E-state index is 0.735. The molecule has 2 rings (SSSR count). The van der Waals surface area contributed by atoms with Crippen molar-refractivity contribution in [3.8, 4) is 0 Å². The standard InChI is InChI=1S/C11H8N2Se/c14-10(9-5-2-1-3-6-9)11-12-7-4-8-13-11/h1-8H. The molecule has 0 saturated heterocycles. The summed E-state index contributed by atoms with van der Waals surface area (Å²) in [5.41, 5.74) is 1.11. The van der Waals surface area contributed by atoms with Crippen LogP contribution in [-0.4, -0.2) is 30.0 Å². The van der Waals surface area contributed by atoms with E-state index >= 15 is 0 Å². The quantitative estimate of drug-likeness (QED) is 0.745. The van der Waals surface area contributed by atoms with Crippen LogP contribution in [0.15, 0.2) is 48.8 Å². The van der Waals surface area contributed by atoms with Crippen LogP contribution in [0.1, 0.15) is 11.4 Å². The van der Waals surface area contributed by atoms with E-state index in [0.29, 0.717) is 0 Å². The second-order valence-electron chi connectivity index (χ2n) is 2.77. The Morgan fingerprint density at radius 3 is 2.21 bits per heavy atom. The number of hydrogen-bond donors (Lipinski definition) is 0. The van der Waals surface area contributed by atoms with E-state index in [4.69, 9.17) is 0 Å². The van der Waals surface area contributed by atoms with Gasteiger partial charge in [0.1, 0.15) is 0 Å². The average Bonchev–Trinajstić information content (AvgIpc) is 2.30. The van der Waals surface area contributed by atoms with Gasteiger partial charge in [0.15, 0.2) is 0 Å². The normalized spacial score (nSPS) is 9.71. The van der Waals surface area contributed by atoms with E-state index in [-0.39, 0.29) is 0 Å². The van der Waals surface area contributed by atoms with Crippen molar-refractivity contribution in [2.45, 2.75) is 0 Å². The molecule has 14 heavy (non-hydrogen) atoms. The zero-order valence-electron chi connectivity index (χ0n) is 7.42. The molecule has 0 spiro atoms. The molecule has 0 unspecified atom stereocenters. The third kappa shape index (κ3) is 1.95. The first-order chi connectivity index (χ1) is 6.88. The Morgan fingerprint density at radius 2 is 1.57 bits per heavy atom. The van der Waals surface area contributed by atoms with Gasteiger partial charge in [0.25, 0.3) is 0 Å². The molecule has 0 bridgehead atoms. The Balaban J connectivity index is 2.35. The van der Waals surface area contributed by atoms with Crippen molar-refractivity contribution in [3.05, 3.63) is 60.2 Å². The average molecular weight is 247 g/mol. The van der Waals surface area contributed by atoms with Gasteiger partial charge in [-0.25, -0.2) is 0 Å². The molecule has 3 heteroatoms. The molecular formula is C11H8N2Se. The summed E-state index contributed by atoms with van der Waals surface area (Å²) < 4.78 is 0.978. The molecule has 0 radical (unpaired) electrons. The van der Waals surface area contributed by atoms with Crippen LogP contribution in [0.5, 0.6) is 0 Å². The first-order valence-electron chi connectivity index (χ1n) is 4.25. The molecule has 1 aromatic carbocycles. The van der Waals surface area contributed by atoms with Crippen molar-refractivity contribution >= 4 is 20.0 Å². The van der Waals surface area contributed by atoms with E-state index in [1.165, 1.54) is 0 Å². The molecule has 2 aromatic rings. The number of rotatable bonds is 2. The predicted octanol–water partition coefficient (Wildman–Crippen LogP) is 1.21. The van der Waals surface area contributed by atoms with E-state index in [1.807, 2.05) is 36.4 Å². The summed E-state index contributed by atoms with van der Waals surface area (Å²) in [5, 5.41) is 0. The molecule has 2 nitrogen and oxygen atoms in total. The summed E-state index contributed by atoms with van der Waals surface area (Å²) in [5.74, 6) is 0.735. The zero-order valence-corrected chi connectivity index (χ0v) is 9.13. The molecular weight excluding hydrogens is 239 g/mol. The summed E-state index contributed by atoms with van der Waals surface area (Å²) in [6, 6.07) is 11.8. The van der Waals surface area contributed by atoms with Crippen LogP contribution in [-0.2, 0) is 0 Å². The van der Waals surface area contributed by atoms with Crippen molar-refractivity contribution < 1.29 is 0 Å². The van der Waals surface area contributed by atoms with Gasteiger partial charge < -0.3 is 0 Å². The third-order valence-corrected chi connectivity index (χ3v) is 2.68. The van der Waals surface area contributed by atoms with E-state index in [2.05, 4.69) is 25.5 Å². The summed E-state index contributed by atoms with van der Waals surface area (Å²) in [6.45, 7) is 0. The van der Waals surface area contributed by atoms with Crippen LogP contribution < -0.4 is 0 Å². The van der Waals surface area contributed by atoms with Gasteiger partial charge in [0.2, 0.25) is 0 Å². The molecule has 0 saturated carbocycles. The number of nitrogens with zero attached hydrogens (tertiary/aromatic N) is 2. The van der Waals surface area contributed by atoms with Crippen LogP contribution in [0.25, 0.3) is 0 Å². The Hall–Kier alpha value is -1.31. The van der Waals surface area contributed by atoms with Crippen molar-refractivity contribution in [2.24, 2.45) is 0 Å². The first-order valence-corrected chi connectivity index (χ1v) is 5.10. The van der Waals surface area contributed by atoms with Crippen LogP contribution in [0, 0.1) is 0 Å². The predicted molar refractivity (Wildman–Crippen MR) is 57.4 cm³/mol.